The summed E-state index contributed by atoms with van der Waals surface area (Å²) in [5.74, 6) is -0.310. The number of rotatable bonds is 6. The van der Waals surface area contributed by atoms with Gasteiger partial charge in [0.15, 0.2) is 4.77 Å². The molecule has 0 aliphatic rings. The number of imidazole rings is 1. The van der Waals surface area contributed by atoms with Gasteiger partial charge in [0, 0.05) is 19.7 Å². The van der Waals surface area contributed by atoms with E-state index in [1.807, 2.05) is 4.57 Å². The van der Waals surface area contributed by atoms with E-state index >= 15 is 0 Å². The lowest BCUT2D eigenvalue weighted by atomic mass is 10.3. The Morgan fingerprint density at radius 1 is 1.37 bits per heavy atom. The van der Waals surface area contributed by atoms with Crippen molar-refractivity contribution in [1.82, 2.24) is 9.55 Å². The van der Waals surface area contributed by atoms with Crippen molar-refractivity contribution in [2.24, 2.45) is 0 Å². The number of methoxy groups -OCH3 is 1. The van der Waals surface area contributed by atoms with Crippen LogP contribution in [0.1, 0.15) is 0 Å². The summed E-state index contributed by atoms with van der Waals surface area (Å²) >= 11 is 8.38. The SMILES string of the molecule is COCCOCCn1c(=S)[nH]c2cc(Br)c(F)cc21. The van der Waals surface area contributed by atoms with E-state index in [4.69, 9.17) is 21.7 Å². The van der Waals surface area contributed by atoms with Gasteiger partial charge in [-0.2, -0.15) is 0 Å². The molecule has 0 aliphatic heterocycles. The molecule has 1 aromatic carbocycles. The minimum absolute atomic E-state index is 0.310. The van der Waals surface area contributed by atoms with Crippen molar-refractivity contribution in [2.45, 2.75) is 6.54 Å². The molecular weight excluding hydrogens is 335 g/mol. The summed E-state index contributed by atoms with van der Waals surface area (Å²) < 4.78 is 26.7. The number of hydrogen-bond acceptors (Lipinski definition) is 3. The molecule has 4 nitrogen and oxygen atoms in total. The van der Waals surface area contributed by atoms with Crippen molar-refractivity contribution in [3.8, 4) is 0 Å². The Morgan fingerprint density at radius 3 is 2.89 bits per heavy atom. The molecule has 1 heterocycles. The van der Waals surface area contributed by atoms with Crippen LogP contribution in [0.3, 0.4) is 0 Å². The summed E-state index contributed by atoms with van der Waals surface area (Å²) in [4.78, 5) is 3.05. The number of H-pyrrole nitrogens is 1. The van der Waals surface area contributed by atoms with Gasteiger partial charge in [-0.1, -0.05) is 0 Å². The quantitative estimate of drug-likeness (QED) is 0.643. The van der Waals surface area contributed by atoms with E-state index in [0.29, 0.717) is 35.6 Å². The minimum Gasteiger partial charge on any atom is -0.382 e. The molecule has 0 atom stereocenters. The van der Waals surface area contributed by atoms with Gasteiger partial charge in [0.25, 0.3) is 0 Å². The Labute approximate surface area is 123 Å². The summed E-state index contributed by atoms with van der Waals surface area (Å²) in [5.41, 5.74) is 1.54. The topological polar surface area (TPSA) is 39.2 Å². The van der Waals surface area contributed by atoms with Gasteiger partial charge >= 0.3 is 0 Å². The van der Waals surface area contributed by atoms with Crippen LogP contribution in [0.4, 0.5) is 4.39 Å². The summed E-state index contributed by atoms with van der Waals surface area (Å²) in [6, 6.07) is 3.14. The van der Waals surface area contributed by atoms with Gasteiger partial charge in [0.1, 0.15) is 5.82 Å². The Hall–Kier alpha value is -0.760. The molecule has 19 heavy (non-hydrogen) atoms. The molecule has 1 N–H and O–H groups in total. The summed E-state index contributed by atoms with van der Waals surface area (Å²) in [7, 11) is 1.62. The highest BCUT2D eigenvalue weighted by atomic mass is 79.9. The second-order valence-corrected chi connectivity index (χ2v) is 5.21. The molecule has 0 radical (unpaired) electrons. The van der Waals surface area contributed by atoms with Crippen LogP contribution in [0.25, 0.3) is 11.0 Å². The number of hydrogen-bond donors (Lipinski definition) is 1. The molecule has 7 heteroatoms. The molecule has 1 aromatic heterocycles. The van der Waals surface area contributed by atoms with Gasteiger partial charge in [0.2, 0.25) is 0 Å². The maximum absolute atomic E-state index is 13.6. The van der Waals surface area contributed by atoms with Crippen molar-refractivity contribution in [1.29, 1.82) is 0 Å². The van der Waals surface area contributed by atoms with Crippen LogP contribution in [0.5, 0.6) is 0 Å². The Balaban J connectivity index is 2.16. The standard InChI is InChI=1S/C12H14BrFN2O2S/c1-17-4-5-18-3-2-16-11-7-9(14)8(13)6-10(11)15-12(16)19/h6-7H,2-5H2,1H3,(H,15,19). The molecule has 0 aliphatic carbocycles. The van der Waals surface area contributed by atoms with E-state index in [9.17, 15) is 4.39 Å². The van der Waals surface area contributed by atoms with E-state index in [2.05, 4.69) is 20.9 Å². The number of fused-ring (bicyclic) bond motifs is 1. The number of ether oxygens (including phenoxy) is 2. The maximum Gasteiger partial charge on any atom is 0.178 e. The molecule has 0 unspecified atom stereocenters. The third kappa shape index (κ3) is 3.42. The highest BCUT2D eigenvalue weighted by molar-refractivity contribution is 9.10. The van der Waals surface area contributed by atoms with Crippen LogP contribution in [-0.4, -0.2) is 36.5 Å². The number of nitrogens with one attached hydrogen (secondary N) is 1. The number of halogens is 2. The van der Waals surface area contributed by atoms with Crippen LogP contribution in [0.15, 0.2) is 16.6 Å². The lowest BCUT2D eigenvalue weighted by Crippen LogP contribution is -2.09. The first-order valence-electron chi connectivity index (χ1n) is 5.77. The second-order valence-electron chi connectivity index (χ2n) is 3.97. The zero-order chi connectivity index (χ0) is 13.8. The number of benzene rings is 1. The van der Waals surface area contributed by atoms with Gasteiger partial charge in [-0.05, 0) is 34.2 Å². The van der Waals surface area contributed by atoms with Crippen LogP contribution in [0.2, 0.25) is 0 Å². The fourth-order valence-corrected chi connectivity index (χ4v) is 2.42. The van der Waals surface area contributed by atoms with E-state index in [0.717, 1.165) is 11.0 Å². The van der Waals surface area contributed by atoms with Crippen molar-refractivity contribution >= 4 is 39.2 Å². The first-order valence-corrected chi connectivity index (χ1v) is 6.98. The zero-order valence-electron chi connectivity index (χ0n) is 10.4. The molecule has 0 amide bonds. The van der Waals surface area contributed by atoms with Gasteiger partial charge in [-0.3, -0.25) is 0 Å². The van der Waals surface area contributed by atoms with Crippen molar-refractivity contribution in [3.63, 3.8) is 0 Å². The molecular formula is C12H14BrFN2O2S. The molecule has 0 fully saturated rings. The average molecular weight is 349 g/mol. The fourth-order valence-electron chi connectivity index (χ4n) is 1.77. The zero-order valence-corrected chi connectivity index (χ0v) is 12.8. The number of nitrogens with zero attached hydrogens (tertiary/aromatic N) is 1. The van der Waals surface area contributed by atoms with E-state index < -0.39 is 0 Å². The predicted octanol–water partition coefficient (Wildman–Crippen LogP) is 3.26. The molecule has 0 bridgehead atoms. The van der Waals surface area contributed by atoms with E-state index in [1.165, 1.54) is 6.07 Å². The number of aromatic nitrogens is 2. The summed E-state index contributed by atoms with van der Waals surface area (Å²) in [6.45, 7) is 2.17. The molecule has 104 valence electrons. The lowest BCUT2D eigenvalue weighted by molar-refractivity contribution is 0.0668. The van der Waals surface area contributed by atoms with E-state index in [-0.39, 0.29) is 5.82 Å². The average Bonchev–Trinajstić information content (AvgIpc) is 2.66. The molecule has 0 spiro atoms. The van der Waals surface area contributed by atoms with Crippen LogP contribution in [-0.2, 0) is 16.0 Å². The third-order valence-corrected chi connectivity index (χ3v) is 3.64. The monoisotopic (exact) mass is 348 g/mol. The van der Waals surface area contributed by atoms with Crippen molar-refractivity contribution in [3.05, 3.63) is 27.2 Å². The highest BCUT2D eigenvalue weighted by Crippen LogP contribution is 2.23. The molecule has 2 rings (SSSR count). The van der Waals surface area contributed by atoms with Crippen molar-refractivity contribution in [2.75, 3.05) is 26.9 Å². The smallest absolute Gasteiger partial charge is 0.178 e. The molecule has 0 saturated carbocycles. The van der Waals surface area contributed by atoms with E-state index in [1.54, 1.807) is 13.2 Å². The predicted molar refractivity (Wildman–Crippen MR) is 77.5 cm³/mol. The first kappa shape index (κ1) is 14.6. The normalized spacial score (nSPS) is 11.3. The Kier molecular flexibility index (Phi) is 5.09. The molecule has 2 aromatic rings. The van der Waals surface area contributed by atoms with Crippen LogP contribution < -0.4 is 0 Å². The van der Waals surface area contributed by atoms with Crippen LogP contribution in [0, 0.1) is 10.6 Å². The Bertz CT molecular complexity index is 626. The first-order chi connectivity index (χ1) is 9.13. The lowest BCUT2D eigenvalue weighted by Gasteiger charge is -2.06. The largest absolute Gasteiger partial charge is 0.382 e. The number of aromatic amines is 1. The third-order valence-electron chi connectivity index (χ3n) is 2.71. The minimum atomic E-state index is -0.310. The maximum atomic E-state index is 13.6. The summed E-state index contributed by atoms with van der Waals surface area (Å²) in [6.07, 6.45) is 0. The summed E-state index contributed by atoms with van der Waals surface area (Å²) in [5, 5.41) is 0. The van der Waals surface area contributed by atoms with Gasteiger partial charge in [-0.25, -0.2) is 4.39 Å². The van der Waals surface area contributed by atoms with Gasteiger partial charge in [-0.15, -0.1) is 0 Å². The second kappa shape index (κ2) is 6.60. The van der Waals surface area contributed by atoms with Crippen LogP contribution >= 0.6 is 28.1 Å². The fraction of sp³-hybridized carbons (Fsp3) is 0.417. The van der Waals surface area contributed by atoms with Gasteiger partial charge < -0.3 is 19.0 Å². The highest BCUT2D eigenvalue weighted by Gasteiger charge is 2.08. The Morgan fingerprint density at radius 2 is 2.16 bits per heavy atom. The van der Waals surface area contributed by atoms with Crippen molar-refractivity contribution < 1.29 is 13.9 Å². The molecule has 0 saturated heterocycles. The van der Waals surface area contributed by atoms with Gasteiger partial charge in [0.05, 0.1) is 35.3 Å².